The Bertz CT molecular complexity index is 1610. The summed E-state index contributed by atoms with van der Waals surface area (Å²) in [5.41, 5.74) is -3.84. The molecule has 0 aliphatic rings. The number of unbranched alkanes of at least 4 members (excludes halogenated alkanes) is 28. The predicted molar refractivity (Wildman–Crippen MR) is 348 cm³/mol. The maximum absolute atomic E-state index is 13.7. The van der Waals surface area contributed by atoms with Crippen molar-refractivity contribution in [1.82, 2.24) is 0 Å². The van der Waals surface area contributed by atoms with Gasteiger partial charge in [0.25, 0.3) is 0 Å². The summed E-state index contributed by atoms with van der Waals surface area (Å²) < 4.78 is 32.4. The molecule has 13 heteroatoms. The highest BCUT2D eigenvalue weighted by atomic mass is 79.9. The van der Waals surface area contributed by atoms with E-state index in [9.17, 15) is 28.8 Å². The van der Waals surface area contributed by atoms with E-state index in [2.05, 4.69) is 29.1 Å². The summed E-state index contributed by atoms with van der Waals surface area (Å²) in [6.45, 7) is 34.1. The first-order valence-electron chi connectivity index (χ1n) is 33.1. The van der Waals surface area contributed by atoms with E-state index in [4.69, 9.17) is 28.4 Å². The molecule has 0 saturated heterocycles. The van der Waals surface area contributed by atoms with Crippen molar-refractivity contribution in [3.8, 4) is 0 Å². The highest BCUT2D eigenvalue weighted by Crippen LogP contribution is 2.38. The number of allylic oxidation sites excluding steroid dienone is 2. The van der Waals surface area contributed by atoms with Gasteiger partial charge < -0.3 is 28.4 Å². The van der Waals surface area contributed by atoms with Gasteiger partial charge in [0.2, 0.25) is 0 Å². The van der Waals surface area contributed by atoms with Gasteiger partial charge in [-0.05, 0) is 161 Å². The molecule has 12 nitrogen and oxygen atoms in total. The first-order valence-corrected chi connectivity index (χ1v) is 34.2. The minimum absolute atomic E-state index is 0.0418. The van der Waals surface area contributed by atoms with Crippen molar-refractivity contribution >= 4 is 51.7 Å². The number of rotatable bonds is 47. The molecule has 488 valence electrons. The summed E-state index contributed by atoms with van der Waals surface area (Å²) >= 11 is 3.44. The zero-order chi connectivity index (χ0) is 63.5. The van der Waals surface area contributed by atoms with Crippen LogP contribution in [0.25, 0.3) is 0 Å². The van der Waals surface area contributed by atoms with Gasteiger partial charge >= 0.3 is 35.8 Å². The highest BCUT2D eigenvalue weighted by Gasteiger charge is 2.50. The van der Waals surface area contributed by atoms with Gasteiger partial charge in [-0.25, -0.2) is 0 Å². The number of carbonyl (C=O) groups excluding carboxylic acids is 6. The Morgan fingerprint density at radius 2 is 0.639 bits per heavy atom. The Morgan fingerprint density at radius 1 is 0.373 bits per heavy atom. The van der Waals surface area contributed by atoms with Gasteiger partial charge in [-0.15, -0.1) is 13.2 Å². The van der Waals surface area contributed by atoms with Crippen molar-refractivity contribution in [1.29, 1.82) is 0 Å². The molecule has 0 rings (SSSR count). The quantitative estimate of drug-likeness (QED) is 0.0142. The fourth-order valence-corrected chi connectivity index (χ4v) is 9.61. The molecule has 0 aromatic carbocycles. The fourth-order valence-electron chi connectivity index (χ4n) is 9.21. The first kappa shape index (κ1) is 84.0. The summed E-state index contributed by atoms with van der Waals surface area (Å²) in [7, 11) is 0. The Labute approximate surface area is 518 Å². The third kappa shape index (κ3) is 56.4. The van der Waals surface area contributed by atoms with E-state index in [1.165, 1.54) is 89.9 Å². The monoisotopic (exact) mass is 1240 g/mol. The predicted octanol–water partition coefficient (Wildman–Crippen LogP) is 20.3. The SMILES string of the molecule is C=CCCCCCCCCCC(C(=O)OC(C)(C)C)C(=O)OC(C)(C)C.C=CCCCCCCCCCC(CCCCCCCCCCC(=O)OCC)(C(=O)OC(C)(C)C)C(=O)OC(C)(C)C.CCOC(=O)CCCCCCCCCCBr. The van der Waals surface area contributed by atoms with Gasteiger partial charge in [0.05, 0.1) is 13.2 Å². The van der Waals surface area contributed by atoms with Crippen molar-refractivity contribution in [2.45, 2.75) is 357 Å². The Morgan fingerprint density at radius 3 is 0.916 bits per heavy atom. The molecule has 0 bridgehead atoms. The summed E-state index contributed by atoms with van der Waals surface area (Å²) in [6, 6.07) is 0. The van der Waals surface area contributed by atoms with Crippen molar-refractivity contribution in [3.63, 3.8) is 0 Å². The molecule has 0 unspecified atom stereocenters. The summed E-state index contributed by atoms with van der Waals surface area (Å²) in [5, 5.41) is 1.13. The zero-order valence-electron chi connectivity index (χ0n) is 56.2. The second kappa shape index (κ2) is 52.0. The second-order valence-electron chi connectivity index (χ2n) is 26.6. The van der Waals surface area contributed by atoms with Gasteiger partial charge in [0, 0.05) is 18.2 Å². The maximum Gasteiger partial charge on any atom is 0.324 e. The molecule has 0 fully saturated rings. The van der Waals surface area contributed by atoms with E-state index in [0.717, 1.165) is 121 Å². The number of alkyl halides is 1. The number of hydrogen-bond acceptors (Lipinski definition) is 12. The van der Waals surface area contributed by atoms with Gasteiger partial charge in [0.15, 0.2) is 11.3 Å². The molecule has 83 heavy (non-hydrogen) atoms. The number of hydrogen-bond donors (Lipinski definition) is 0. The minimum Gasteiger partial charge on any atom is -0.466 e. The Kier molecular flexibility index (Phi) is 52.6. The molecule has 0 amide bonds. The zero-order valence-corrected chi connectivity index (χ0v) is 57.8. The average Bonchev–Trinajstić information content (AvgIpc) is 3.59. The molecule has 0 aromatic rings. The van der Waals surface area contributed by atoms with E-state index in [0.29, 0.717) is 45.3 Å². The maximum atomic E-state index is 13.7. The molecule has 0 aliphatic carbocycles. The first-order chi connectivity index (χ1) is 39.0. The largest absolute Gasteiger partial charge is 0.466 e. The van der Waals surface area contributed by atoms with Crippen LogP contribution in [-0.2, 0) is 57.2 Å². The highest BCUT2D eigenvalue weighted by molar-refractivity contribution is 9.09. The van der Waals surface area contributed by atoms with E-state index in [-0.39, 0.29) is 11.9 Å². The third-order valence-corrected chi connectivity index (χ3v) is 14.0. The lowest BCUT2D eigenvalue weighted by Gasteiger charge is -2.35. The molecule has 0 heterocycles. The van der Waals surface area contributed by atoms with Crippen LogP contribution in [0.5, 0.6) is 0 Å². The van der Waals surface area contributed by atoms with Crippen LogP contribution in [0.3, 0.4) is 0 Å². The van der Waals surface area contributed by atoms with Crippen molar-refractivity contribution in [3.05, 3.63) is 25.3 Å². The second-order valence-corrected chi connectivity index (χ2v) is 27.3. The number of esters is 6. The van der Waals surface area contributed by atoms with E-state index in [1.807, 2.05) is 109 Å². The van der Waals surface area contributed by atoms with Crippen LogP contribution in [0, 0.1) is 11.3 Å². The molecule has 0 atom stereocenters. The van der Waals surface area contributed by atoms with Crippen LogP contribution in [0.1, 0.15) is 335 Å². The summed E-state index contributed by atoms with van der Waals surface area (Å²) in [6.07, 6.45) is 42.3. The van der Waals surface area contributed by atoms with Crippen molar-refractivity contribution in [2.75, 3.05) is 18.5 Å². The smallest absolute Gasteiger partial charge is 0.324 e. The number of ether oxygens (including phenoxy) is 6. The molecule has 0 aromatic heterocycles. The van der Waals surface area contributed by atoms with Crippen LogP contribution in [0.15, 0.2) is 25.3 Å². The summed E-state index contributed by atoms with van der Waals surface area (Å²) in [5.74, 6) is -2.81. The number of carbonyl (C=O) groups is 6. The minimum atomic E-state index is -1.27. The van der Waals surface area contributed by atoms with Gasteiger partial charge in [0.1, 0.15) is 22.4 Å². The molecular formula is C70H129BrO12. The molecule has 0 aliphatic heterocycles. The standard InChI is InChI=1S/C35H64O6.C22H40O4.C13H25BrO2/c1-9-11-12-13-14-16-19-22-25-28-35(31(37)40-33(3,4)5,32(38)41-34(6,7)8)29-26-23-20-17-15-18-21-24-27-30(36)39-10-2;1-8-9-10-11-12-13-14-15-16-17-18(19(23)25-21(2,3)4)20(24)26-22(5,6)7;1-2-16-13(15)11-9-7-5-3-4-6-8-10-12-14/h9H,1,10-29H2,2-8H3;8,18H,1,9-17H2,2-7H3;2-12H2,1H3. The number of halogens is 1. The van der Waals surface area contributed by atoms with Crippen LogP contribution in [0.2, 0.25) is 0 Å². The van der Waals surface area contributed by atoms with Crippen molar-refractivity contribution < 1.29 is 57.2 Å². The lowest BCUT2D eigenvalue weighted by atomic mass is 9.77. The average molecular weight is 1240 g/mol. The molecule has 0 spiro atoms. The van der Waals surface area contributed by atoms with Crippen LogP contribution in [0.4, 0.5) is 0 Å². The summed E-state index contributed by atoms with van der Waals surface area (Å²) in [4.78, 5) is 74.6. The third-order valence-electron chi connectivity index (χ3n) is 13.5. The fraction of sp³-hybridized carbons (Fsp3) is 0.857. The van der Waals surface area contributed by atoms with Gasteiger partial charge in [-0.3, -0.25) is 28.8 Å². The topological polar surface area (TPSA) is 158 Å². The van der Waals surface area contributed by atoms with E-state index >= 15 is 0 Å². The van der Waals surface area contributed by atoms with Crippen LogP contribution >= 0.6 is 15.9 Å². The lowest BCUT2D eigenvalue weighted by Crippen LogP contribution is -2.46. The normalized spacial score (nSPS) is 11.8. The lowest BCUT2D eigenvalue weighted by molar-refractivity contribution is -0.187. The van der Waals surface area contributed by atoms with Gasteiger partial charge in [-0.1, -0.05) is 189 Å². The molecular weight excluding hydrogens is 1110 g/mol. The van der Waals surface area contributed by atoms with Crippen LogP contribution in [-0.4, -0.2) is 76.8 Å². The Hall–Kier alpha value is -3.22. The molecule has 0 N–H and O–H groups in total. The molecule has 0 radical (unpaired) electrons. The van der Waals surface area contributed by atoms with Crippen LogP contribution < -0.4 is 0 Å². The Balaban J connectivity index is -0.00000129. The molecule has 0 saturated carbocycles. The van der Waals surface area contributed by atoms with E-state index < -0.39 is 57.6 Å². The van der Waals surface area contributed by atoms with Gasteiger partial charge in [-0.2, -0.15) is 0 Å². The van der Waals surface area contributed by atoms with E-state index in [1.54, 1.807) is 0 Å². The van der Waals surface area contributed by atoms with Crippen molar-refractivity contribution in [2.24, 2.45) is 11.3 Å².